The Balaban J connectivity index is 0.000001000. The SMILES string of the molecule is CSCCc1ccccn1.[Pt+2]. The molecule has 0 N–H and O–H groups in total. The van der Waals surface area contributed by atoms with E-state index in [-0.39, 0.29) is 21.1 Å². The Hall–Kier alpha value is 0.188. The molecule has 1 rings (SSSR count). The van der Waals surface area contributed by atoms with E-state index in [1.54, 1.807) is 0 Å². The fourth-order valence-corrected chi connectivity index (χ4v) is 1.17. The molecule has 0 radical (unpaired) electrons. The first-order valence-electron chi connectivity index (χ1n) is 3.32. The van der Waals surface area contributed by atoms with E-state index in [1.165, 1.54) is 5.69 Å². The maximum Gasteiger partial charge on any atom is 2.00 e. The van der Waals surface area contributed by atoms with E-state index >= 15 is 0 Å². The van der Waals surface area contributed by atoms with Crippen LogP contribution in [0, 0.1) is 0 Å². The van der Waals surface area contributed by atoms with Crippen molar-refractivity contribution in [3.05, 3.63) is 30.1 Å². The van der Waals surface area contributed by atoms with Crippen LogP contribution in [0.2, 0.25) is 0 Å². The minimum absolute atomic E-state index is 0. The standard InChI is InChI=1S/C8H11NS.Pt/c1-10-7-5-8-4-2-3-6-9-8;/h2-4,6H,5,7H2,1H3;/q;+2. The average Bonchev–Trinajstić information content (AvgIpc) is 2.03. The zero-order chi connectivity index (χ0) is 7.23. The van der Waals surface area contributed by atoms with Crippen molar-refractivity contribution >= 4 is 11.8 Å². The van der Waals surface area contributed by atoms with Crippen LogP contribution in [0.4, 0.5) is 0 Å². The maximum absolute atomic E-state index is 4.20. The van der Waals surface area contributed by atoms with Crippen LogP contribution in [0.1, 0.15) is 5.69 Å². The van der Waals surface area contributed by atoms with Gasteiger partial charge in [0.2, 0.25) is 0 Å². The molecule has 0 saturated carbocycles. The molecular weight excluding hydrogens is 337 g/mol. The second-order valence-electron chi connectivity index (χ2n) is 2.06. The summed E-state index contributed by atoms with van der Waals surface area (Å²) in [6.07, 6.45) is 5.04. The van der Waals surface area contributed by atoms with Crippen LogP contribution in [0.3, 0.4) is 0 Å². The number of thioether (sulfide) groups is 1. The van der Waals surface area contributed by atoms with E-state index in [2.05, 4.69) is 17.3 Å². The van der Waals surface area contributed by atoms with Crippen molar-refractivity contribution in [3.63, 3.8) is 0 Å². The number of hydrogen-bond acceptors (Lipinski definition) is 2. The van der Waals surface area contributed by atoms with Crippen LogP contribution in [0.5, 0.6) is 0 Å². The van der Waals surface area contributed by atoms with Gasteiger partial charge < -0.3 is 0 Å². The molecule has 0 bridgehead atoms. The van der Waals surface area contributed by atoms with Crippen molar-refractivity contribution in [1.29, 1.82) is 0 Å². The van der Waals surface area contributed by atoms with E-state index in [0.29, 0.717) is 0 Å². The molecule has 0 atom stereocenters. The molecule has 11 heavy (non-hydrogen) atoms. The number of rotatable bonds is 3. The van der Waals surface area contributed by atoms with Gasteiger partial charge in [-0.2, -0.15) is 11.8 Å². The molecule has 0 aliphatic rings. The van der Waals surface area contributed by atoms with Crippen LogP contribution < -0.4 is 0 Å². The summed E-state index contributed by atoms with van der Waals surface area (Å²) in [4.78, 5) is 4.20. The van der Waals surface area contributed by atoms with Crippen LogP contribution in [-0.4, -0.2) is 17.0 Å². The van der Waals surface area contributed by atoms with Gasteiger partial charge in [0, 0.05) is 11.9 Å². The average molecular weight is 348 g/mol. The molecule has 0 aromatic carbocycles. The summed E-state index contributed by atoms with van der Waals surface area (Å²) in [7, 11) is 0. The molecule has 0 amide bonds. The van der Waals surface area contributed by atoms with Gasteiger partial charge >= 0.3 is 21.1 Å². The van der Waals surface area contributed by atoms with Gasteiger partial charge in [-0.05, 0) is 30.6 Å². The second kappa shape index (κ2) is 6.87. The topological polar surface area (TPSA) is 12.9 Å². The molecule has 1 aromatic rings. The largest absolute Gasteiger partial charge is 2.00 e. The molecule has 0 aliphatic carbocycles. The van der Waals surface area contributed by atoms with E-state index in [4.69, 9.17) is 0 Å². The van der Waals surface area contributed by atoms with Crippen molar-refractivity contribution in [1.82, 2.24) is 4.98 Å². The van der Waals surface area contributed by atoms with Crippen molar-refractivity contribution in [2.75, 3.05) is 12.0 Å². The van der Waals surface area contributed by atoms with Gasteiger partial charge in [-0.25, -0.2) is 0 Å². The zero-order valence-corrected chi connectivity index (χ0v) is 9.48. The Kier molecular flexibility index (Phi) is 6.99. The van der Waals surface area contributed by atoms with Gasteiger partial charge in [-0.15, -0.1) is 0 Å². The van der Waals surface area contributed by atoms with Gasteiger partial charge in [0.15, 0.2) is 0 Å². The molecule has 62 valence electrons. The van der Waals surface area contributed by atoms with Crippen LogP contribution >= 0.6 is 11.8 Å². The minimum atomic E-state index is 0. The normalized spacial score (nSPS) is 8.82. The first kappa shape index (κ1) is 11.2. The smallest absolute Gasteiger partial charge is 0.261 e. The first-order chi connectivity index (χ1) is 4.93. The van der Waals surface area contributed by atoms with Gasteiger partial charge in [0.05, 0.1) is 0 Å². The van der Waals surface area contributed by atoms with E-state index < -0.39 is 0 Å². The molecule has 0 aliphatic heterocycles. The number of aryl methyl sites for hydroxylation is 1. The number of pyridine rings is 1. The van der Waals surface area contributed by atoms with Crippen LogP contribution in [-0.2, 0) is 27.5 Å². The summed E-state index contributed by atoms with van der Waals surface area (Å²) in [5.41, 5.74) is 1.19. The van der Waals surface area contributed by atoms with Gasteiger partial charge in [0.1, 0.15) is 0 Å². The fourth-order valence-electron chi connectivity index (χ4n) is 0.753. The number of aromatic nitrogens is 1. The molecule has 1 heterocycles. The molecule has 0 saturated heterocycles. The predicted molar refractivity (Wildman–Crippen MR) is 46.3 cm³/mol. The molecule has 1 aromatic heterocycles. The summed E-state index contributed by atoms with van der Waals surface area (Å²) < 4.78 is 0. The maximum atomic E-state index is 4.20. The fraction of sp³-hybridized carbons (Fsp3) is 0.375. The van der Waals surface area contributed by atoms with Gasteiger partial charge in [-0.3, -0.25) is 4.98 Å². The number of nitrogens with zero attached hydrogens (tertiary/aromatic N) is 1. The molecular formula is C8H11NPtS+2. The Morgan fingerprint density at radius 2 is 2.27 bits per heavy atom. The Bertz CT molecular complexity index is 179. The van der Waals surface area contributed by atoms with Crippen LogP contribution in [0.25, 0.3) is 0 Å². The van der Waals surface area contributed by atoms with E-state index in [9.17, 15) is 0 Å². The zero-order valence-electron chi connectivity index (χ0n) is 6.40. The molecule has 0 fully saturated rings. The Morgan fingerprint density at radius 1 is 1.45 bits per heavy atom. The Labute approximate surface area is 86.3 Å². The molecule has 3 heteroatoms. The summed E-state index contributed by atoms with van der Waals surface area (Å²) in [5.74, 6) is 1.16. The van der Waals surface area contributed by atoms with Gasteiger partial charge in [0.25, 0.3) is 0 Å². The molecule has 0 spiro atoms. The molecule has 1 nitrogen and oxygen atoms in total. The predicted octanol–water partition coefficient (Wildman–Crippen LogP) is 1.98. The van der Waals surface area contributed by atoms with Crippen molar-refractivity contribution in [3.8, 4) is 0 Å². The number of hydrogen-bond donors (Lipinski definition) is 0. The summed E-state index contributed by atoms with van der Waals surface area (Å²) in [5, 5.41) is 0. The summed E-state index contributed by atoms with van der Waals surface area (Å²) >= 11 is 1.86. The summed E-state index contributed by atoms with van der Waals surface area (Å²) in [6, 6.07) is 6.04. The third-order valence-corrected chi connectivity index (χ3v) is 1.90. The quantitative estimate of drug-likeness (QED) is 0.829. The van der Waals surface area contributed by atoms with Crippen molar-refractivity contribution in [2.45, 2.75) is 6.42 Å². The van der Waals surface area contributed by atoms with Gasteiger partial charge in [-0.1, -0.05) is 6.07 Å². The second-order valence-corrected chi connectivity index (χ2v) is 3.05. The van der Waals surface area contributed by atoms with E-state index in [1.807, 2.05) is 30.1 Å². The van der Waals surface area contributed by atoms with E-state index in [0.717, 1.165) is 12.2 Å². The molecule has 0 unspecified atom stereocenters. The Morgan fingerprint density at radius 3 is 2.82 bits per heavy atom. The minimum Gasteiger partial charge on any atom is -0.261 e. The first-order valence-corrected chi connectivity index (χ1v) is 4.71. The monoisotopic (exact) mass is 348 g/mol. The summed E-state index contributed by atoms with van der Waals surface area (Å²) in [6.45, 7) is 0. The third kappa shape index (κ3) is 4.60. The van der Waals surface area contributed by atoms with Crippen LogP contribution in [0.15, 0.2) is 24.4 Å². The van der Waals surface area contributed by atoms with Crippen molar-refractivity contribution < 1.29 is 21.1 Å². The van der Waals surface area contributed by atoms with Crippen molar-refractivity contribution in [2.24, 2.45) is 0 Å². The third-order valence-electron chi connectivity index (χ3n) is 1.29.